The minimum Gasteiger partial charge on any atom is -0.399 e. The maximum Gasteiger partial charge on any atom is 0.237 e. The smallest absolute Gasteiger partial charge is 0.237 e. The van der Waals surface area contributed by atoms with Crippen molar-refractivity contribution in [1.29, 1.82) is 0 Å². The fourth-order valence-corrected chi connectivity index (χ4v) is 2.65. The van der Waals surface area contributed by atoms with Gasteiger partial charge in [0.05, 0.1) is 13.2 Å². The van der Waals surface area contributed by atoms with Crippen molar-refractivity contribution in [2.75, 3.05) is 25.5 Å². The van der Waals surface area contributed by atoms with Gasteiger partial charge in [-0.15, -0.1) is 0 Å². The molecule has 1 unspecified atom stereocenters. The van der Waals surface area contributed by atoms with Crippen LogP contribution in [0, 0.1) is 0 Å². The fraction of sp³-hybridized carbons (Fsp3) is 0.417. The molecule has 5 nitrogen and oxygen atoms in total. The van der Waals surface area contributed by atoms with Gasteiger partial charge in [-0.1, -0.05) is 15.9 Å². The van der Waals surface area contributed by atoms with Gasteiger partial charge in [-0.2, -0.15) is 0 Å². The Hall–Kier alpha value is -1.11. The molecule has 1 aliphatic heterocycles. The SMILES string of the molecule is NC(=O)C1COCCN1Cc1cc(N)cc(Br)c1. The monoisotopic (exact) mass is 313 g/mol. The molecule has 0 saturated carbocycles. The number of halogens is 1. The number of ether oxygens (including phenoxy) is 1. The Morgan fingerprint density at radius 3 is 2.94 bits per heavy atom. The molecule has 98 valence electrons. The summed E-state index contributed by atoms with van der Waals surface area (Å²) in [5.74, 6) is -0.349. The molecule has 0 aliphatic carbocycles. The Kier molecular flexibility index (Phi) is 4.21. The van der Waals surface area contributed by atoms with E-state index < -0.39 is 0 Å². The third-order valence-electron chi connectivity index (χ3n) is 2.93. The summed E-state index contributed by atoms with van der Waals surface area (Å²) in [5, 5.41) is 0. The summed E-state index contributed by atoms with van der Waals surface area (Å²) in [6.07, 6.45) is 0. The summed E-state index contributed by atoms with van der Waals surface area (Å²) in [7, 11) is 0. The molecule has 6 heteroatoms. The maximum absolute atomic E-state index is 11.4. The van der Waals surface area contributed by atoms with Crippen molar-refractivity contribution < 1.29 is 9.53 Å². The molecule has 0 bridgehead atoms. The predicted octanol–water partition coefficient (Wildman–Crippen LogP) is 0.717. The Bertz CT molecular complexity index is 433. The molecule has 1 heterocycles. The lowest BCUT2D eigenvalue weighted by molar-refractivity contribution is -0.129. The molecular formula is C12H16BrN3O2. The highest BCUT2D eigenvalue weighted by Gasteiger charge is 2.27. The first-order valence-electron chi connectivity index (χ1n) is 5.72. The summed E-state index contributed by atoms with van der Waals surface area (Å²) >= 11 is 3.41. The van der Waals surface area contributed by atoms with E-state index in [4.69, 9.17) is 16.2 Å². The van der Waals surface area contributed by atoms with Crippen molar-refractivity contribution in [1.82, 2.24) is 4.90 Å². The zero-order chi connectivity index (χ0) is 13.1. The average molecular weight is 314 g/mol. The molecule has 0 spiro atoms. The number of nitrogens with two attached hydrogens (primary N) is 2. The maximum atomic E-state index is 11.4. The van der Waals surface area contributed by atoms with E-state index in [1.165, 1.54) is 0 Å². The number of nitrogen functional groups attached to an aromatic ring is 1. The number of carbonyl (C=O) groups excluding carboxylic acids is 1. The Morgan fingerprint density at radius 2 is 2.28 bits per heavy atom. The first-order chi connectivity index (χ1) is 8.56. The first kappa shape index (κ1) is 13.3. The molecule has 1 amide bonds. The zero-order valence-electron chi connectivity index (χ0n) is 9.93. The molecule has 18 heavy (non-hydrogen) atoms. The number of amides is 1. The highest BCUT2D eigenvalue weighted by atomic mass is 79.9. The van der Waals surface area contributed by atoms with Crippen LogP contribution in [0.1, 0.15) is 5.56 Å². The van der Waals surface area contributed by atoms with Crippen LogP contribution in [-0.4, -0.2) is 36.6 Å². The Labute approximate surface area is 114 Å². The third kappa shape index (κ3) is 3.22. The van der Waals surface area contributed by atoms with Crippen molar-refractivity contribution in [3.05, 3.63) is 28.2 Å². The molecule has 1 saturated heterocycles. The van der Waals surface area contributed by atoms with Crippen molar-refractivity contribution in [3.8, 4) is 0 Å². The van der Waals surface area contributed by atoms with Crippen LogP contribution in [0.5, 0.6) is 0 Å². The molecule has 0 radical (unpaired) electrons. The van der Waals surface area contributed by atoms with E-state index in [1.54, 1.807) is 0 Å². The molecule has 1 fully saturated rings. The van der Waals surface area contributed by atoms with Gasteiger partial charge in [-0.25, -0.2) is 0 Å². The second kappa shape index (κ2) is 5.69. The van der Waals surface area contributed by atoms with Crippen molar-refractivity contribution in [2.24, 2.45) is 5.73 Å². The van der Waals surface area contributed by atoms with E-state index in [0.717, 1.165) is 10.0 Å². The summed E-state index contributed by atoms with van der Waals surface area (Å²) in [5.41, 5.74) is 12.9. The van der Waals surface area contributed by atoms with Gasteiger partial charge in [-0.3, -0.25) is 9.69 Å². The van der Waals surface area contributed by atoms with Crippen LogP contribution in [0.4, 0.5) is 5.69 Å². The van der Waals surface area contributed by atoms with Crippen LogP contribution < -0.4 is 11.5 Å². The zero-order valence-corrected chi connectivity index (χ0v) is 11.5. The van der Waals surface area contributed by atoms with E-state index in [9.17, 15) is 4.79 Å². The topological polar surface area (TPSA) is 81.6 Å². The first-order valence-corrected chi connectivity index (χ1v) is 6.51. The number of hydrogen-bond acceptors (Lipinski definition) is 4. The van der Waals surface area contributed by atoms with Crippen LogP contribution in [0.3, 0.4) is 0 Å². The van der Waals surface area contributed by atoms with Gasteiger partial charge in [0.1, 0.15) is 6.04 Å². The van der Waals surface area contributed by atoms with Crippen LogP contribution in [0.15, 0.2) is 22.7 Å². The molecule has 2 rings (SSSR count). The quantitative estimate of drug-likeness (QED) is 0.806. The molecule has 0 aromatic heterocycles. The van der Waals surface area contributed by atoms with E-state index in [1.807, 2.05) is 23.1 Å². The van der Waals surface area contributed by atoms with Gasteiger partial charge in [0, 0.05) is 23.2 Å². The Morgan fingerprint density at radius 1 is 1.50 bits per heavy atom. The van der Waals surface area contributed by atoms with Crippen molar-refractivity contribution in [3.63, 3.8) is 0 Å². The Balaban J connectivity index is 2.13. The average Bonchev–Trinajstić information content (AvgIpc) is 2.27. The second-order valence-electron chi connectivity index (χ2n) is 4.36. The lowest BCUT2D eigenvalue weighted by Gasteiger charge is -2.33. The number of nitrogens with zero attached hydrogens (tertiary/aromatic N) is 1. The molecule has 1 aliphatic rings. The number of carbonyl (C=O) groups is 1. The molecule has 4 N–H and O–H groups in total. The molecule has 1 atom stereocenters. The van der Waals surface area contributed by atoms with E-state index >= 15 is 0 Å². The molecule has 1 aromatic rings. The van der Waals surface area contributed by atoms with Gasteiger partial charge < -0.3 is 16.2 Å². The molecular weight excluding hydrogens is 298 g/mol. The fourth-order valence-electron chi connectivity index (χ4n) is 2.09. The number of benzene rings is 1. The van der Waals surface area contributed by atoms with Crippen LogP contribution in [0.25, 0.3) is 0 Å². The largest absolute Gasteiger partial charge is 0.399 e. The standard InChI is InChI=1S/C12H16BrN3O2/c13-9-3-8(4-10(14)5-9)6-16-1-2-18-7-11(16)12(15)17/h3-5,11H,1-2,6-7,14H2,(H2,15,17). The van der Waals surface area contributed by atoms with Crippen LogP contribution in [-0.2, 0) is 16.1 Å². The van der Waals surface area contributed by atoms with Gasteiger partial charge in [0.2, 0.25) is 5.91 Å². The number of hydrogen-bond donors (Lipinski definition) is 2. The van der Waals surface area contributed by atoms with Gasteiger partial charge >= 0.3 is 0 Å². The van der Waals surface area contributed by atoms with E-state index in [2.05, 4.69) is 15.9 Å². The lowest BCUT2D eigenvalue weighted by atomic mass is 10.1. The van der Waals surface area contributed by atoms with Crippen LogP contribution >= 0.6 is 15.9 Å². The predicted molar refractivity (Wildman–Crippen MR) is 72.8 cm³/mol. The van der Waals surface area contributed by atoms with E-state index in [0.29, 0.717) is 32.0 Å². The summed E-state index contributed by atoms with van der Waals surface area (Å²) < 4.78 is 6.21. The van der Waals surface area contributed by atoms with E-state index in [-0.39, 0.29) is 11.9 Å². The van der Waals surface area contributed by atoms with Crippen LogP contribution in [0.2, 0.25) is 0 Å². The van der Waals surface area contributed by atoms with Crippen molar-refractivity contribution >= 4 is 27.5 Å². The highest BCUT2D eigenvalue weighted by Crippen LogP contribution is 2.20. The molecule has 1 aromatic carbocycles. The second-order valence-corrected chi connectivity index (χ2v) is 5.27. The minimum atomic E-state index is -0.362. The normalized spacial score (nSPS) is 20.8. The van der Waals surface area contributed by atoms with Crippen molar-refractivity contribution in [2.45, 2.75) is 12.6 Å². The summed E-state index contributed by atoms with van der Waals surface area (Å²) in [6, 6.07) is 5.37. The van der Waals surface area contributed by atoms with Gasteiger partial charge in [0.25, 0.3) is 0 Å². The summed E-state index contributed by atoms with van der Waals surface area (Å²) in [6.45, 7) is 2.31. The number of anilines is 1. The van der Waals surface area contributed by atoms with Gasteiger partial charge in [0.15, 0.2) is 0 Å². The lowest BCUT2D eigenvalue weighted by Crippen LogP contribution is -2.51. The third-order valence-corrected chi connectivity index (χ3v) is 3.39. The van der Waals surface area contributed by atoms with Gasteiger partial charge in [-0.05, 0) is 23.8 Å². The number of primary amides is 1. The highest BCUT2D eigenvalue weighted by molar-refractivity contribution is 9.10. The summed E-state index contributed by atoms with van der Waals surface area (Å²) in [4.78, 5) is 13.4. The number of rotatable bonds is 3. The minimum absolute atomic E-state index is 0.349. The number of morpholine rings is 1.